The van der Waals surface area contributed by atoms with Crippen molar-refractivity contribution in [1.82, 2.24) is 0 Å². The highest BCUT2D eigenvalue weighted by atomic mass is 79.9. The van der Waals surface area contributed by atoms with Crippen molar-refractivity contribution in [2.24, 2.45) is 0 Å². The first-order valence-electron chi connectivity index (χ1n) is 7.74. The Morgan fingerprint density at radius 3 is 2.42 bits per heavy atom. The number of rotatable bonds is 4. The van der Waals surface area contributed by atoms with Crippen LogP contribution in [0.2, 0.25) is 0 Å². The second-order valence-corrected chi connectivity index (χ2v) is 8.37. The highest BCUT2D eigenvalue weighted by molar-refractivity contribution is 9.08. The fourth-order valence-corrected chi connectivity index (χ4v) is 5.54. The van der Waals surface area contributed by atoms with Crippen LogP contribution in [-0.4, -0.2) is 22.1 Å². The van der Waals surface area contributed by atoms with Crippen LogP contribution in [0.1, 0.15) is 22.3 Å². The second kappa shape index (κ2) is 6.41. The minimum absolute atomic E-state index is 0.375. The van der Waals surface area contributed by atoms with E-state index in [4.69, 9.17) is 4.74 Å². The van der Waals surface area contributed by atoms with Crippen LogP contribution in [0.5, 0.6) is 5.75 Å². The van der Waals surface area contributed by atoms with Crippen molar-refractivity contribution in [3.05, 3.63) is 52.6 Å². The lowest BCUT2D eigenvalue weighted by molar-refractivity contribution is 0.413. The van der Waals surface area contributed by atoms with Gasteiger partial charge in [-0.2, -0.15) is 0 Å². The molecule has 1 heterocycles. The molecule has 0 radical (unpaired) electrons. The summed E-state index contributed by atoms with van der Waals surface area (Å²) in [4.78, 5) is 0.375. The molecule has 4 nitrogen and oxygen atoms in total. The minimum atomic E-state index is -3.60. The van der Waals surface area contributed by atoms with Crippen LogP contribution in [0.3, 0.4) is 0 Å². The molecule has 3 rings (SSSR count). The lowest BCUT2D eigenvalue weighted by Gasteiger charge is -2.23. The first kappa shape index (κ1) is 17.3. The summed E-state index contributed by atoms with van der Waals surface area (Å²) in [6.07, 6.45) is 0.741. The zero-order valence-electron chi connectivity index (χ0n) is 14.0. The molecule has 6 heteroatoms. The molecule has 128 valence electrons. The predicted molar refractivity (Wildman–Crippen MR) is 99.8 cm³/mol. The van der Waals surface area contributed by atoms with Gasteiger partial charge in [-0.3, -0.25) is 4.31 Å². The van der Waals surface area contributed by atoms with Gasteiger partial charge >= 0.3 is 0 Å². The van der Waals surface area contributed by atoms with Crippen molar-refractivity contribution in [2.75, 3.05) is 18.0 Å². The summed E-state index contributed by atoms with van der Waals surface area (Å²) in [5.41, 5.74) is 4.35. The number of fused-ring (bicyclic) bond motifs is 1. The quantitative estimate of drug-likeness (QED) is 0.717. The van der Waals surface area contributed by atoms with Crippen LogP contribution in [0, 0.1) is 13.8 Å². The van der Waals surface area contributed by atoms with Gasteiger partial charge in [0.2, 0.25) is 0 Å². The van der Waals surface area contributed by atoms with Crippen LogP contribution < -0.4 is 9.04 Å². The number of benzene rings is 2. The Bertz CT molecular complexity index is 870. The van der Waals surface area contributed by atoms with Crippen molar-refractivity contribution >= 4 is 31.6 Å². The van der Waals surface area contributed by atoms with Crippen molar-refractivity contribution in [2.45, 2.75) is 30.5 Å². The Hall–Kier alpha value is -1.53. The Morgan fingerprint density at radius 2 is 1.83 bits per heavy atom. The number of hydrogen-bond acceptors (Lipinski definition) is 3. The molecule has 0 amide bonds. The van der Waals surface area contributed by atoms with E-state index >= 15 is 0 Å². The molecule has 1 aliphatic heterocycles. The monoisotopic (exact) mass is 409 g/mol. The van der Waals surface area contributed by atoms with Gasteiger partial charge in [0.25, 0.3) is 10.0 Å². The standard InChI is InChI=1S/C18H20BrNO3S/c1-12-8-16(23-3)9-13(2)18(12)24(21,22)20-7-6-15-5-4-14(11-19)10-17(15)20/h4-5,8-10H,6-7,11H2,1-3H3. The summed E-state index contributed by atoms with van der Waals surface area (Å²) in [7, 11) is -2.02. The minimum Gasteiger partial charge on any atom is -0.497 e. The number of ether oxygens (including phenoxy) is 1. The molecule has 0 saturated carbocycles. The van der Waals surface area contributed by atoms with E-state index in [1.165, 1.54) is 4.31 Å². The summed E-state index contributed by atoms with van der Waals surface area (Å²) in [5.74, 6) is 0.673. The zero-order chi connectivity index (χ0) is 17.5. The Labute approximate surface area is 151 Å². The summed E-state index contributed by atoms with van der Waals surface area (Å²) >= 11 is 3.44. The molecule has 0 atom stereocenters. The van der Waals surface area contributed by atoms with E-state index in [9.17, 15) is 8.42 Å². The predicted octanol–water partition coefficient (Wildman–Crippen LogP) is 3.96. The smallest absolute Gasteiger partial charge is 0.264 e. The molecule has 24 heavy (non-hydrogen) atoms. The van der Waals surface area contributed by atoms with E-state index in [0.717, 1.165) is 23.2 Å². The van der Waals surface area contributed by atoms with Crippen LogP contribution in [0.4, 0.5) is 5.69 Å². The fourth-order valence-electron chi connectivity index (χ4n) is 3.27. The van der Waals surface area contributed by atoms with E-state index in [0.29, 0.717) is 33.6 Å². The van der Waals surface area contributed by atoms with Gasteiger partial charge in [-0.05, 0) is 60.7 Å². The number of hydrogen-bond donors (Lipinski definition) is 0. The van der Waals surface area contributed by atoms with Gasteiger partial charge in [-0.25, -0.2) is 8.42 Å². The van der Waals surface area contributed by atoms with Gasteiger partial charge in [0.15, 0.2) is 0 Å². The third kappa shape index (κ3) is 2.82. The zero-order valence-corrected chi connectivity index (χ0v) is 16.4. The first-order chi connectivity index (χ1) is 11.4. The lowest BCUT2D eigenvalue weighted by atomic mass is 10.1. The molecule has 0 aromatic heterocycles. The number of aryl methyl sites for hydroxylation is 2. The van der Waals surface area contributed by atoms with Crippen LogP contribution in [-0.2, 0) is 21.8 Å². The molecular formula is C18H20BrNO3S. The number of alkyl halides is 1. The van der Waals surface area contributed by atoms with Crippen LogP contribution in [0.25, 0.3) is 0 Å². The maximum Gasteiger partial charge on any atom is 0.264 e. The van der Waals surface area contributed by atoms with Crippen molar-refractivity contribution in [1.29, 1.82) is 0 Å². The highest BCUT2D eigenvalue weighted by Gasteiger charge is 2.33. The lowest BCUT2D eigenvalue weighted by Crippen LogP contribution is -2.30. The summed E-state index contributed by atoms with van der Waals surface area (Å²) in [5, 5.41) is 0.703. The fraction of sp³-hybridized carbons (Fsp3) is 0.333. The molecule has 0 aliphatic carbocycles. The Kier molecular flexibility index (Phi) is 4.62. The molecule has 1 aliphatic rings. The van der Waals surface area contributed by atoms with E-state index in [1.54, 1.807) is 19.2 Å². The third-order valence-electron chi connectivity index (χ3n) is 4.37. The van der Waals surface area contributed by atoms with Crippen molar-refractivity contribution < 1.29 is 13.2 Å². The SMILES string of the molecule is COc1cc(C)c(S(=O)(=O)N2CCc3ccc(CBr)cc32)c(C)c1. The molecule has 0 fully saturated rings. The summed E-state index contributed by atoms with van der Waals surface area (Å²) in [6.45, 7) is 4.11. The molecule has 2 aromatic carbocycles. The number of nitrogens with zero attached hydrogens (tertiary/aromatic N) is 1. The highest BCUT2D eigenvalue weighted by Crippen LogP contribution is 2.36. The number of sulfonamides is 1. The normalized spacial score (nSPS) is 13.9. The van der Waals surface area contributed by atoms with Gasteiger partial charge in [0, 0.05) is 11.9 Å². The van der Waals surface area contributed by atoms with E-state index in [1.807, 2.05) is 32.0 Å². The Morgan fingerprint density at radius 1 is 1.17 bits per heavy atom. The Balaban J connectivity index is 2.12. The molecule has 0 N–H and O–H groups in total. The topological polar surface area (TPSA) is 46.6 Å². The molecule has 0 bridgehead atoms. The molecular weight excluding hydrogens is 390 g/mol. The van der Waals surface area contributed by atoms with Gasteiger partial charge in [0.05, 0.1) is 17.7 Å². The first-order valence-corrected chi connectivity index (χ1v) is 10.3. The van der Waals surface area contributed by atoms with Crippen LogP contribution >= 0.6 is 15.9 Å². The van der Waals surface area contributed by atoms with Crippen LogP contribution in [0.15, 0.2) is 35.2 Å². The number of halogens is 1. The van der Waals surface area contributed by atoms with Crippen molar-refractivity contribution in [3.8, 4) is 5.75 Å². The third-order valence-corrected chi connectivity index (χ3v) is 7.14. The van der Waals surface area contributed by atoms with Gasteiger partial charge in [-0.15, -0.1) is 0 Å². The second-order valence-electron chi connectivity index (χ2n) is 6.01. The molecule has 0 spiro atoms. The van der Waals surface area contributed by atoms with E-state index in [2.05, 4.69) is 15.9 Å². The summed E-state index contributed by atoms with van der Waals surface area (Å²) < 4.78 is 33.4. The summed E-state index contributed by atoms with van der Waals surface area (Å²) in [6, 6.07) is 9.56. The number of anilines is 1. The molecule has 0 unspecified atom stereocenters. The van der Waals surface area contributed by atoms with E-state index in [-0.39, 0.29) is 0 Å². The molecule has 0 saturated heterocycles. The van der Waals surface area contributed by atoms with Gasteiger partial charge < -0.3 is 4.74 Å². The van der Waals surface area contributed by atoms with Crippen molar-refractivity contribution in [3.63, 3.8) is 0 Å². The van der Waals surface area contributed by atoms with Gasteiger partial charge in [-0.1, -0.05) is 28.1 Å². The number of methoxy groups -OCH3 is 1. The van der Waals surface area contributed by atoms with E-state index < -0.39 is 10.0 Å². The maximum absolute atomic E-state index is 13.3. The maximum atomic E-state index is 13.3. The van der Waals surface area contributed by atoms with Gasteiger partial charge in [0.1, 0.15) is 5.75 Å². The largest absolute Gasteiger partial charge is 0.497 e. The average molecular weight is 410 g/mol. The average Bonchev–Trinajstić information content (AvgIpc) is 2.97. The molecule has 2 aromatic rings.